The molecule has 0 bridgehead atoms. The monoisotopic (exact) mass is 131 g/mol. The fraction of sp³-hybridized carbons (Fsp3) is 0.750. The summed E-state index contributed by atoms with van der Waals surface area (Å²) in [6, 6.07) is 0. The van der Waals surface area contributed by atoms with Crippen molar-refractivity contribution in [1.82, 2.24) is 10.4 Å². The zero-order chi connectivity index (χ0) is 6.85. The molecule has 0 aromatic rings. The molecule has 0 aromatic carbocycles. The smallest absolute Gasteiger partial charge is 0.251 e. The SMILES string of the molecule is NC(=O)C1NCCN1O. The molecule has 0 aliphatic carbocycles. The Hall–Kier alpha value is -0.650. The predicted molar refractivity (Wildman–Crippen MR) is 29.5 cm³/mol. The van der Waals surface area contributed by atoms with Crippen LogP contribution in [0.3, 0.4) is 0 Å². The third kappa shape index (κ3) is 1.18. The summed E-state index contributed by atoms with van der Waals surface area (Å²) in [5.41, 5.74) is 4.89. The van der Waals surface area contributed by atoms with Crippen LogP contribution in [0.1, 0.15) is 0 Å². The van der Waals surface area contributed by atoms with Crippen molar-refractivity contribution in [2.45, 2.75) is 6.17 Å². The fourth-order valence-corrected chi connectivity index (χ4v) is 0.798. The van der Waals surface area contributed by atoms with Crippen molar-refractivity contribution in [1.29, 1.82) is 0 Å². The number of hydrogen-bond acceptors (Lipinski definition) is 4. The van der Waals surface area contributed by atoms with Crippen LogP contribution in [0.5, 0.6) is 0 Å². The Morgan fingerprint density at radius 3 is 2.78 bits per heavy atom. The molecule has 4 N–H and O–H groups in total. The molecule has 0 aromatic heterocycles. The van der Waals surface area contributed by atoms with Crippen molar-refractivity contribution in [2.75, 3.05) is 13.1 Å². The molecule has 0 spiro atoms. The van der Waals surface area contributed by atoms with Crippen LogP contribution in [0.4, 0.5) is 0 Å². The van der Waals surface area contributed by atoms with Gasteiger partial charge < -0.3 is 10.9 Å². The number of hydrogen-bond donors (Lipinski definition) is 3. The molecule has 1 amide bonds. The van der Waals surface area contributed by atoms with E-state index in [9.17, 15) is 4.79 Å². The van der Waals surface area contributed by atoms with E-state index in [1.54, 1.807) is 0 Å². The lowest BCUT2D eigenvalue weighted by molar-refractivity contribution is -0.144. The minimum absolute atomic E-state index is 0.452. The second kappa shape index (κ2) is 2.30. The van der Waals surface area contributed by atoms with E-state index in [2.05, 4.69) is 5.32 Å². The Labute approximate surface area is 52.4 Å². The fourth-order valence-electron chi connectivity index (χ4n) is 0.798. The van der Waals surface area contributed by atoms with E-state index in [-0.39, 0.29) is 0 Å². The highest BCUT2D eigenvalue weighted by Gasteiger charge is 2.26. The van der Waals surface area contributed by atoms with Gasteiger partial charge in [0.15, 0.2) is 6.17 Å². The predicted octanol–water partition coefficient (Wildman–Crippen LogP) is -1.91. The highest BCUT2D eigenvalue weighted by atomic mass is 16.5. The third-order valence-corrected chi connectivity index (χ3v) is 1.25. The van der Waals surface area contributed by atoms with Gasteiger partial charge in [0.25, 0.3) is 5.91 Å². The average Bonchev–Trinajstić information content (AvgIpc) is 2.13. The molecule has 9 heavy (non-hydrogen) atoms. The molecule has 0 saturated carbocycles. The van der Waals surface area contributed by atoms with Gasteiger partial charge in [0.2, 0.25) is 0 Å². The largest absolute Gasteiger partial charge is 0.367 e. The Balaban J connectivity index is 2.49. The van der Waals surface area contributed by atoms with Gasteiger partial charge >= 0.3 is 0 Å². The summed E-state index contributed by atoms with van der Waals surface area (Å²) in [6.45, 7) is 1.05. The molecule has 1 unspecified atom stereocenters. The molecular weight excluding hydrogens is 122 g/mol. The van der Waals surface area contributed by atoms with Crippen molar-refractivity contribution in [3.05, 3.63) is 0 Å². The lowest BCUT2D eigenvalue weighted by Gasteiger charge is -2.11. The molecule has 5 nitrogen and oxygen atoms in total. The molecule has 1 fully saturated rings. The van der Waals surface area contributed by atoms with E-state index in [0.29, 0.717) is 13.1 Å². The Morgan fingerprint density at radius 2 is 2.56 bits per heavy atom. The molecule has 1 aliphatic rings. The van der Waals surface area contributed by atoms with Gasteiger partial charge in [-0.25, -0.2) is 0 Å². The normalized spacial score (nSPS) is 28.8. The van der Waals surface area contributed by atoms with Crippen molar-refractivity contribution in [3.8, 4) is 0 Å². The molecule has 1 aliphatic heterocycles. The number of nitrogens with zero attached hydrogens (tertiary/aromatic N) is 1. The van der Waals surface area contributed by atoms with Crippen molar-refractivity contribution < 1.29 is 10.0 Å². The number of amides is 1. The first kappa shape index (κ1) is 6.47. The molecule has 1 rings (SSSR count). The first-order valence-electron chi connectivity index (χ1n) is 2.70. The lowest BCUT2D eigenvalue weighted by Crippen LogP contribution is -2.44. The second-order valence-corrected chi connectivity index (χ2v) is 1.92. The van der Waals surface area contributed by atoms with Gasteiger partial charge in [0, 0.05) is 13.1 Å². The number of hydroxylamine groups is 2. The standard InChI is InChI=1S/C4H9N3O2/c5-3(8)4-6-1-2-7(4)9/h4,6,9H,1-2H2,(H2,5,8). The van der Waals surface area contributed by atoms with Crippen molar-refractivity contribution in [3.63, 3.8) is 0 Å². The number of rotatable bonds is 1. The van der Waals surface area contributed by atoms with Gasteiger partial charge in [-0.3, -0.25) is 10.1 Å². The lowest BCUT2D eigenvalue weighted by atomic mass is 10.5. The molecule has 1 heterocycles. The number of nitrogens with one attached hydrogen (secondary N) is 1. The van der Waals surface area contributed by atoms with Crippen LogP contribution in [0, 0.1) is 0 Å². The Morgan fingerprint density at radius 1 is 1.89 bits per heavy atom. The molecule has 0 radical (unpaired) electrons. The molecule has 5 heteroatoms. The van der Waals surface area contributed by atoms with Crippen LogP contribution >= 0.6 is 0 Å². The number of carbonyl (C=O) groups excluding carboxylic acids is 1. The highest BCUT2D eigenvalue weighted by molar-refractivity contribution is 5.79. The van der Waals surface area contributed by atoms with Gasteiger partial charge in [0.05, 0.1) is 0 Å². The average molecular weight is 131 g/mol. The van der Waals surface area contributed by atoms with Crippen LogP contribution < -0.4 is 11.1 Å². The Kier molecular flexibility index (Phi) is 1.65. The maximum Gasteiger partial charge on any atom is 0.251 e. The summed E-state index contributed by atoms with van der Waals surface area (Å²) in [4.78, 5) is 10.4. The quantitative estimate of drug-likeness (QED) is 0.388. The van der Waals surface area contributed by atoms with E-state index in [1.807, 2.05) is 0 Å². The number of carbonyl (C=O) groups is 1. The van der Waals surface area contributed by atoms with E-state index >= 15 is 0 Å². The summed E-state index contributed by atoms with van der Waals surface area (Å²) >= 11 is 0. The van der Waals surface area contributed by atoms with Gasteiger partial charge in [-0.15, -0.1) is 0 Å². The number of primary amides is 1. The van der Waals surface area contributed by atoms with E-state index in [4.69, 9.17) is 10.9 Å². The van der Waals surface area contributed by atoms with Gasteiger partial charge in [-0.2, -0.15) is 5.06 Å². The molecule has 1 atom stereocenters. The summed E-state index contributed by atoms with van der Waals surface area (Å²) in [6.07, 6.45) is -0.690. The Bertz CT molecular complexity index is 127. The summed E-state index contributed by atoms with van der Waals surface area (Å²) < 4.78 is 0. The highest BCUT2D eigenvalue weighted by Crippen LogP contribution is 1.96. The van der Waals surface area contributed by atoms with Gasteiger partial charge in [-0.1, -0.05) is 0 Å². The number of nitrogens with two attached hydrogens (primary N) is 1. The van der Waals surface area contributed by atoms with E-state index < -0.39 is 12.1 Å². The van der Waals surface area contributed by atoms with Crippen LogP contribution in [0.25, 0.3) is 0 Å². The van der Waals surface area contributed by atoms with Crippen LogP contribution in [0.15, 0.2) is 0 Å². The van der Waals surface area contributed by atoms with E-state index in [1.165, 1.54) is 0 Å². The summed E-state index contributed by atoms with van der Waals surface area (Å²) in [7, 11) is 0. The molecule has 52 valence electrons. The molecule has 1 saturated heterocycles. The third-order valence-electron chi connectivity index (χ3n) is 1.25. The van der Waals surface area contributed by atoms with Crippen molar-refractivity contribution >= 4 is 5.91 Å². The molecular formula is C4H9N3O2. The second-order valence-electron chi connectivity index (χ2n) is 1.92. The minimum atomic E-state index is -0.690. The summed E-state index contributed by atoms with van der Waals surface area (Å²) in [5, 5.41) is 12.4. The maximum absolute atomic E-state index is 10.4. The van der Waals surface area contributed by atoms with Gasteiger partial charge in [-0.05, 0) is 0 Å². The van der Waals surface area contributed by atoms with Crippen LogP contribution in [-0.4, -0.2) is 35.4 Å². The first-order valence-corrected chi connectivity index (χ1v) is 2.70. The minimum Gasteiger partial charge on any atom is -0.367 e. The first-order chi connectivity index (χ1) is 4.22. The van der Waals surface area contributed by atoms with Crippen LogP contribution in [0.2, 0.25) is 0 Å². The van der Waals surface area contributed by atoms with Gasteiger partial charge in [0.1, 0.15) is 0 Å². The van der Waals surface area contributed by atoms with Crippen molar-refractivity contribution in [2.24, 2.45) is 5.73 Å². The zero-order valence-electron chi connectivity index (χ0n) is 4.87. The zero-order valence-corrected chi connectivity index (χ0v) is 4.87. The summed E-state index contributed by atoms with van der Waals surface area (Å²) in [5.74, 6) is -0.546. The topological polar surface area (TPSA) is 78.6 Å². The van der Waals surface area contributed by atoms with Crippen LogP contribution in [-0.2, 0) is 4.79 Å². The maximum atomic E-state index is 10.4. The van der Waals surface area contributed by atoms with E-state index in [0.717, 1.165) is 5.06 Å².